The Labute approximate surface area is 474 Å². The van der Waals surface area contributed by atoms with Gasteiger partial charge in [-0.1, -0.05) is 85.8 Å². The van der Waals surface area contributed by atoms with Crippen LogP contribution in [0.4, 0.5) is 0 Å². The number of carbonyl (C=O) groups excluding carboxylic acids is 1. The molecule has 0 spiro atoms. The maximum Gasteiger partial charge on any atom is 0.345 e. The zero-order valence-electron chi connectivity index (χ0n) is 46.3. The summed E-state index contributed by atoms with van der Waals surface area (Å²) in [7, 11) is 0. The number of H-pyrrole nitrogens is 3. The molecule has 0 saturated carbocycles. The van der Waals surface area contributed by atoms with Gasteiger partial charge >= 0.3 is 5.97 Å². The van der Waals surface area contributed by atoms with Crippen LogP contribution in [0, 0.1) is 20.8 Å². The molecule has 0 atom stereocenters. The highest BCUT2D eigenvalue weighted by Crippen LogP contribution is 2.19. The minimum atomic E-state index is -0.653. The van der Waals surface area contributed by atoms with Crippen LogP contribution in [0.1, 0.15) is 53.3 Å². The van der Waals surface area contributed by atoms with Crippen molar-refractivity contribution < 1.29 is 9.53 Å². The summed E-state index contributed by atoms with van der Waals surface area (Å²) in [6.07, 6.45) is 6.99. The van der Waals surface area contributed by atoms with E-state index in [0.29, 0.717) is 35.2 Å². The van der Waals surface area contributed by atoms with Crippen molar-refractivity contribution in [1.82, 2.24) is 71.0 Å². The molecule has 3 N–H and O–H groups in total. The molecule has 0 unspecified atom stereocenters. The highest BCUT2D eigenvalue weighted by atomic mass is 16.5. The van der Waals surface area contributed by atoms with Gasteiger partial charge in [-0.25, -0.2) is 47.3 Å². The van der Waals surface area contributed by atoms with Crippen LogP contribution in [0.5, 0.6) is 0 Å². The lowest BCUT2D eigenvalue weighted by atomic mass is 10.2. The first-order valence-corrected chi connectivity index (χ1v) is 26.9. The Hall–Kier alpha value is -11.3. The van der Waals surface area contributed by atoms with Gasteiger partial charge in [0.1, 0.15) is 5.56 Å². The average Bonchev–Trinajstić information content (AvgIpc) is 4.29. The van der Waals surface area contributed by atoms with Gasteiger partial charge < -0.3 is 28.8 Å². The van der Waals surface area contributed by atoms with E-state index in [4.69, 9.17) is 4.74 Å². The monoisotopic (exact) mass is 1120 g/mol. The molecule has 10 aromatic heterocycles. The van der Waals surface area contributed by atoms with Crippen molar-refractivity contribution in [3.63, 3.8) is 0 Å². The third-order valence-corrected chi connectivity index (χ3v) is 13.8. The number of aromatic amines is 3. The Morgan fingerprint density at radius 3 is 1.67 bits per heavy atom. The van der Waals surface area contributed by atoms with E-state index >= 15 is 0 Å². The molecule has 5 aromatic carbocycles. The Kier molecular flexibility index (Phi) is 15.2. The number of nitrogens with zero attached hydrogens (tertiary/aromatic N) is 12. The number of benzene rings is 5. The smallest absolute Gasteiger partial charge is 0.345 e. The molecule has 420 valence electrons. The van der Waals surface area contributed by atoms with Crippen molar-refractivity contribution in [1.29, 1.82) is 0 Å². The van der Waals surface area contributed by atoms with Crippen molar-refractivity contribution in [3.8, 4) is 0 Å². The molecule has 0 radical (unpaired) electrons. The van der Waals surface area contributed by atoms with Crippen LogP contribution in [0.25, 0.3) is 73.0 Å². The van der Waals surface area contributed by atoms with Crippen molar-refractivity contribution in [3.05, 3.63) is 256 Å². The lowest BCUT2D eigenvalue weighted by Gasteiger charge is -2.12. The molecular weight excluding hydrogens is 1070 g/mol. The standard InChI is InChI=1S/C18H15N3O.C14H15N3O.C13H11N3O3.C10H7N3O.C7H7N3O/c1-13-11-17(22)21-16-10-6-5-9-15(16)19-18(21)20(13)12-14-7-3-2-4-8-14;1-3-8-16-10(2)9-13(18)17-12-7-5-4-6-11(12)15-14(16)17;1-2-19-12(18)8-7-14-13-15-9-5-3-4-6-10(9)16(13)11(8)17;14-9-5-6-11-10-12-7-3-1-2-4-8(7)13(9)10;1-5-4-6(11)10-3-2-8-7(10)9-5/h2-11H,12H2,1H3;4-7,9H,3,8H2,1-2H3;3-7H,2H2,1H3,(H,14,15);1-6H,(H,11,12);2-4H,1H3,(H,8,9). The second-order valence-corrected chi connectivity index (χ2v) is 19.4. The first kappa shape index (κ1) is 54.7. The van der Waals surface area contributed by atoms with Gasteiger partial charge in [0.05, 0.1) is 63.5 Å². The third-order valence-electron chi connectivity index (χ3n) is 13.8. The van der Waals surface area contributed by atoms with Crippen LogP contribution in [0.2, 0.25) is 0 Å². The highest BCUT2D eigenvalue weighted by Gasteiger charge is 2.18. The summed E-state index contributed by atoms with van der Waals surface area (Å²) >= 11 is 0. The second kappa shape index (κ2) is 23.4. The minimum Gasteiger partial charge on any atom is -0.462 e. The van der Waals surface area contributed by atoms with E-state index in [1.165, 1.54) is 38.9 Å². The first-order valence-electron chi connectivity index (χ1n) is 26.9. The number of ether oxygens (including phenoxy) is 1. The second-order valence-electron chi connectivity index (χ2n) is 19.4. The summed E-state index contributed by atoms with van der Waals surface area (Å²) in [5, 5.41) is 0. The van der Waals surface area contributed by atoms with Gasteiger partial charge in [0.15, 0.2) is 0 Å². The average molecular weight is 1120 g/mol. The lowest BCUT2D eigenvalue weighted by Crippen LogP contribution is -2.23. The van der Waals surface area contributed by atoms with E-state index < -0.39 is 11.5 Å². The van der Waals surface area contributed by atoms with E-state index in [0.717, 1.165) is 74.4 Å². The third kappa shape index (κ3) is 10.6. The normalized spacial score (nSPS) is 11.2. The summed E-state index contributed by atoms with van der Waals surface area (Å²) in [5.74, 6) is 2.35. The van der Waals surface area contributed by atoms with E-state index in [2.05, 4.69) is 68.1 Å². The largest absolute Gasteiger partial charge is 0.462 e. The molecular formula is C62H55N15O7. The van der Waals surface area contributed by atoms with Crippen LogP contribution in [0.3, 0.4) is 0 Å². The Morgan fingerprint density at radius 1 is 0.512 bits per heavy atom. The zero-order valence-corrected chi connectivity index (χ0v) is 46.3. The van der Waals surface area contributed by atoms with Crippen molar-refractivity contribution in [2.75, 3.05) is 6.61 Å². The number of hydrogen-bond donors (Lipinski definition) is 3. The molecule has 0 saturated heterocycles. The summed E-state index contributed by atoms with van der Waals surface area (Å²) in [6.45, 7) is 11.3. The van der Waals surface area contributed by atoms with Crippen molar-refractivity contribution in [2.45, 2.75) is 54.1 Å². The van der Waals surface area contributed by atoms with Crippen LogP contribution in [-0.2, 0) is 17.8 Å². The molecule has 84 heavy (non-hydrogen) atoms. The number of esters is 1. The number of aromatic nitrogens is 15. The fourth-order valence-electron chi connectivity index (χ4n) is 9.92. The zero-order chi connectivity index (χ0) is 58.6. The molecule has 22 heteroatoms. The van der Waals surface area contributed by atoms with Crippen LogP contribution in [0.15, 0.2) is 200 Å². The van der Waals surface area contributed by atoms with Gasteiger partial charge in [-0.2, -0.15) is 0 Å². The van der Waals surface area contributed by atoms with Gasteiger partial charge in [-0.05, 0) is 88.2 Å². The summed E-state index contributed by atoms with van der Waals surface area (Å²) in [4.78, 5) is 102. The maximum atomic E-state index is 12.4. The van der Waals surface area contributed by atoms with E-state index in [1.54, 1.807) is 50.7 Å². The van der Waals surface area contributed by atoms with Gasteiger partial charge in [0.2, 0.25) is 28.9 Å². The summed E-state index contributed by atoms with van der Waals surface area (Å²) in [5.41, 5.74) is 9.92. The SMILES string of the molecule is CCCn1c(C)cc(=O)n2c3ccccc3nc12.CCOC(=O)c1cnc2[nH]c3ccccc3n2c1=O.Cc1cc(=O)n2c3ccccc3nc2n1Cc1ccccc1.Cc1cc(=O)n2ccnc2[nH]1.O=c1ccnc2[nH]c3ccccc3n12. The molecule has 15 aromatic rings. The van der Waals surface area contributed by atoms with Gasteiger partial charge in [-0.3, -0.25) is 28.4 Å². The molecule has 15 rings (SSSR count). The maximum absolute atomic E-state index is 12.4. The van der Waals surface area contributed by atoms with Gasteiger partial charge in [0.25, 0.3) is 27.8 Å². The molecule has 0 aliphatic carbocycles. The number of para-hydroxylation sites is 8. The highest BCUT2D eigenvalue weighted by molar-refractivity contribution is 5.90. The quantitative estimate of drug-likeness (QED) is 0.133. The summed E-state index contributed by atoms with van der Waals surface area (Å²) < 4.78 is 16.8. The van der Waals surface area contributed by atoms with E-state index in [9.17, 15) is 28.8 Å². The number of fused-ring (bicyclic) bond motifs is 13. The predicted molar refractivity (Wildman–Crippen MR) is 322 cm³/mol. The van der Waals surface area contributed by atoms with Crippen molar-refractivity contribution >= 4 is 79.0 Å². The Morgan fingerprint density at radius 2 is 1.05 bits per heavy atom. The molecule has 0 aliphatic rings. The molecule has 0 bridgehead atoms. The van der Waals surface area contributed by atoms with Crippen LogP contribution >= 0.6 is 0 Å². The lowest BCUT2D eigenvalue weighted by molar-refractivity contribution is 0.0523. The predicted octanol–water partition coefficient (Wildman–Crippen LogP) is 8.23. The van der Waals surface area contributed by atoms with Crippen LogP contribution < -0.4 is 27.8 Å². The number of carbonyl (C=O) groups is 1. The summed E-state index contributed by atoms with van der Waals surface area (Å²) in [6, 6.07) is 46.9. The molecule has 0 amide bonds. The van der Waals surface area contributed by atoms with Crippen LogP contribution in [-0.4, -0.2) is 83.6 Å². The van der Waals surface area contributed by atoms with E-state index in [1.807, 2.05) is 130 Å². The number of imidazole rings is 5. The van der Waals surface area contributed by atoms with Crippen molar-refractivity contribution in [2.24, 2.45) is 0 Å². The fourth-order valence-corrected chi connectivity index (χ4v) is 9.92. The molecule has 0 fully saturated rings. The molecule has 10 heterocycles. The topological polar surface area (TPSA) is 255 Å². The molecule has 0 aliphatic heterocycles. The Bertz CT molecular complexity index is 5250. The van der Waals surface area contributed by atoms with Gasteiger partial charge in [0, 0.05) is 66.5 Å². The minimum absolute atomic E-state index is 0.0106. The van der Waals surface area contributed by atoms with E-state index in [-0.39, 0.29) is 34.4 Å². The number of aryl methyl sites for hydroxylation is 4. The Balaban J connectivity index is 0.000000111. The number of hydrogen-bond acceptors (Lipinski definition) is 12. The first-order chi connectivity index (χ1) is 40.8. The number of rotatable bonds is 6. The fraction of sp³-hybridized carbons (Fsp3) is 0.145. The van der Waals surface area contributed by atoms with Gasteiger partial charge in [-0.15, -0.1) is 0 Å². The molecule has 22 nitrogen and oxygen atoms in total. The number of nitrogens with one attached hydrogen (secondary N) is 3.